The maximum absolute atomic E-state index is 5.95. The van der Waals surface area contributed by atoms with Crippen LogP contribution in [0.5, 0.6) is 0 Å². The van der Waals surface area contributed by atoms with Crippen molar-refractivity contribution in [2.75, 3.05) is 38.4 Å². The predicted octanol–water partition coefficient (Wildman–Crippen LogP) is 1.86. The second kappa shape index (κ2) is 7.18. The van der Waals surface area contributed by atoms with Gasteiger partial charge in [-0.3, -0.25) is 4.98 Å². The minimum atomic E-state index is -0.0198. The lowest BCUT2D eigenvalue weighted by molar-refractivity contribution is 0.0366. The summed E-state index contributed by atoms with van der Waals surface area (Å²) in [5, 5.41) is 4.24. The topological polar surface area (TPSA) is 82.3 Å². The molecule has 7 heteroatoms. The Balaban J connectivity index is 2.14. The first-order chi connectivity index (χ1) is 9.76. The van der Waals surface area contributed by atoms with Crippen LogP contribution in [0, 0.1) is 0 Å². The number of anilines is 2. The lowest BCUT2D eigenvalue weighted by Gasteiger charge is -2.15. The molecular formula is C13H18N4O2S. The van der Waals surface area contributed by atoms with Gasteiger partial charge in [0.25, 0.3) is 0 Å². The van der Waals surface area contributed by atoms with Crippen LogP contribution in [-0.4, -0.2) is 42.8 Å². The molecule has 0 aliphatic carbocycles. The van der Waals surface area contributed by atoms with Crippen LogP contribution in [0.25, 0.3) is 11.1 Å². The summed E-state index contributed by atoms with van der Waals surface area (Å²) in [6, 6.07) is 3.82. The van der Waals surface area contributed by atoms with Crippen LogP contribution in [0.15, 0.2) is 24.5 Å². The average molecular weight is 294 g/mol. The number of nitrogens with zero attached hydrogens (tertiary/aromatic N) is 2. The number of methoxy groups -OCH3 is 2. The zero-order chi connectivity index (χ0) is 14.4. The van der Waals surface area contributed by atoms with Crippen molar-refractivity contribution in [3.8, 4) is 11.1 Å². The second-order valence-corrected chi connectivity index (χ2v) is 4.98. The second-order valence-electron chi connectivity index (χ2n) is 4.20. The molecule has 0 spiro atoms. The highest BCUT2D eigenvalue weighted by Gasteiger charge is 2.15. The first-order valence-corrected chi connectivity index (χ1v) is 6.94. The minimum absolute atomic E-state index is 0.0198. The van der Waals surface area contributed by atoms with Crippen LogP contribution in [0.4, 0.5) is 10.8 Å². The summed E-state index contributed by atoms with van der Waals surface area (Å²) < 4.78 is 14.6. The predicted molar refractivity (Wildman–Crippen MR) is 80.9 cm³/mol. The van der Waals surface area contributed by atoms with Gasteiger partial charge in [-0.05, 0) is 29.2 Å². The molecular weight excluding hydrogens is 276 g/mol. The zero-order valence-electron chi connectivity index (χ0n) is 11.5. The molecule has 0 aliphatic rings. The molecule has 2 aromatic heterocycles. The Hall–Kier alpha value is -1.70. The summed E-state index contributed by atoms with van der Waals surface area (Å²) in [4.78, 5) is 4.01. The smallest absolute Gasteiger partial charge is 0.147 e. The van der Waals surface area contributed by atoms with Crippen molar-refractivity contribution in [3.05, 3.63) is 24.5 Å². The van der Waals surface area contributed by atoms with Crippen molar-refractivity contribution in [1.29, 1.82) is 0 Å². The van der Waals surface area contributed by atoms with Gasteiger partial charge >= 0.3 is 0 Å². The van der Waals surface area contributed by atoms with E-state index in [0.717, 1.165) is 16.1 Å². The average Bonchev–Trinajstić information content (AvgIpc) is 2.85. The van der Waals surface area contributed by atoms with Gasteiger partial charge in [0.1, 0.15) is 10.8 Å². The number of pyridine rings is 1. The largest absolute Gasteiger partial charge is 0.382 e. The normalized spacial score (nSPS) is 12.3. The third-order valence-corrected chi connectivity index (χ3v) is 3.68. The monoisotopic (exact) mass is 294 g/mol. The molecule has 3 N–H and O–H groups in total. The molecule has 0 radical (unpaired) electrons. The molecule has 0 amide bonds. The fraction of sp³-hybridized carbons (Fsp3) is 0.385. The summed E-state index contributed by atoms with van der Waals surface area (Å²) in [6.07, 6.45) is 3.45. The summed E-state index contributed by atoms with van der Waals surface area (Å²) in [7, 11) is 3.31. The number of hydrogen-bond donors (Lipinski definition) is 2. The van der Waals surface area contributed by atoms with E-state index in [4.69, 9.17) is 15.2 Å². The quantitative estimate of drug-likeness (QED) is 0.811. The van der Waals surface area contributed by atoms with Gasteiger partial charge in [0.15, 0.2) is 0 Å². The molecule has 0 bridgehead atoms. The number of ether oxygens (including phenoxy) is 2. The van der Waals surface area contributed by atoms with Gasteiger partial charge in [0.05, 0.1) is 18.3 Å². The van der Waals surface area contributed by atoms with E-state index >= 15 is 0 Å². The van der Waals surface area contributed by atoms with Gasteiger partial charge < -0.3 is 20.5 Å². The molecule has 2 heterocycles. The maximum atomic E-state index is 5.95. The van der Waals surface area contributed by atoms with E-state index in [1.165, 1.54) is 11.5 Å². The van der Waals surface area contributed by atoms with Gasteiger partial charge in [0.2, 0.25) is 0 Å². The van der Waals surface area contributed by atoms with Crippen molar-refractivity contribution in [1.82, 2.24) is 9.36 Å². The summed E-state index contributed by atoms with van der Waals surface area (Å²) in [5.41, 5.74) is 7.86. The molecule has 2 aromatic rings. The molecule has 6 nitrogen and oxygen atoms in total. The maximum Gasteiger partial charge on any atom is 0.147 e. The standard InChI is InChI=1S/C13H18N4O2S/c1-18-8-10(19-2)7-16-13-11(12(14)17-20-13)9-3-5-15-6-4-9/h3-6,10,16H,7-8H2,1-2H3,(H2,14,17). The van der Waals surface area contributed by atoms with Crippen molar-refractivity contribution in [2.45, 2.75) is 6.10 Å². The van der Waals surface area contributed by atoms with Crippen molar-refractivity contribution in [3.63, 3.8) is 0 Å². The van der Waals surface area contributed by atoms with Crippen LogP contribution in [0.3, 0.4) is 0 Å². The molecule has 0 saturated carbocycles. The first-order valence-electron chi connectivity index (χ1n) is 6.17. The molecule has 0 aromatic carbocycles. The van der Waals surface area contributed by atoms with Gasteiger partial charge in [-0.1, -0.05) is 0 Å². The highest BCUT2D eigenvalue weighted by Crippen LogP contribution is 2.36. The molecule has 0 fully saturated rings. The molecule has 20 heavy (non-hydrogen) atoms. The van der Waals surface area contributed by atoms with Crippen LogP contribution >= 0.6 is 11.5 Å². The van der Waals surface area contributed by atoms with Crippen LogP contribution < -0.4 is 11.1 Å². The third-order valence-electron chi connectivity index (χ3n) is 2.86. The number of hydrogen-bond acceptors (Lipinski definition) is 7. The SMILES string of the molecule is COCC(CNc1snc(N)c1-c1ccncc1)OC. The Morgan fingerprint density at radius 3 is 2.75 bits per heavy atom. The Bertz CT molecular complexity index is 532. The Labute approximate surface area is 122 Å². The molecule has 2 rings (SSSR count). The van der Waals surface area contributed by atoms with Gasteiger partial charge in [-0.2, -0.15) is 4.37 Å². The number of nitrogens with two attached hydrogens (primary N) is 1. The number of aromatic nitrogens is 2. The Morgan fingerprint density at radius 1 is 1.35 bits per heavy atom. The van der Waals surface area contributed by atoms with Crippen LogP contribution in [0.2, 0.25) is 0 Å². The van der Waals surface area contributed by atoms with Crippen LogP contribution in [-0.2, 0) is 9.47 Å². The number of nitrogen functional groups attached to an aromatic ring is 1. The summed E-state index contributed by atoms with van der Waals surface area (Å²) in [6.45, 7) is 1.16. The highest BCUT2D eigenvalue weighted by atomic mass is 32.1. The lowest BCUT2D eigenvalue weighted by Crippen LogP contribution is -2.26. The van der Waals surface area contributed by atoms with Crippen molar-refractivity contribution >= 4 is 22.4 Å². The van der Waals surface area contributed by atoms with E-state index in [2.05, 4.69) is 14.7 Å². The van der Waals surface area contributed by atoms with E-state index in [-0.39, 0.29) is 6.10 Å². The fourth-order valence-electron chi connectivity index (χ4n) is 1.82. The number of nitrogens with one attached hydrogen (secondary N) is 1. The van der Waals surface area contributed by atoms with E-state index in [1.54, 1.807) is 26.6 Å². The lowest BCUT2D eigenvalue weighted by atomic mass is 10.1. The third kappa shape index (κ3) is 3.44. The molecule has 0 aliphatic heterocycles. The minimum Gasteiger partial charge on any atom is -0.382 e. The van der Waals surface area contributed by atoms with Gasteiger partial charge in [-0.15, -0.1) is 0 Å². The molecule has 0 saturated heterocycles. The van der Waals surface area contributed by atoms with Gasteiger partial charge in [0, 0.05) is 33.2 Å². The first kappa shape index (κ1) is 14.7. The molecule has 108 valence electrons. The Kier molecular flexibility index (Phi) is 5.28. The highest BCUT2D eigenvalue weighted by molar-refractivity contribution is 7.11. The van der Waals surface area contributed by atoms with Crippen molar-refractivity contribution in [2.24, 2.45) is 0 Å². The van der Waals surface area contributed by atoms with E-state index in [9.17, 15) is 0 Å². The van der Waals surface area contributed by atoms with Gasteiger partial charge in [-0.25, -0.2) is 0 Å². The zero-order valence-corrected chi connectivity index (χ0v) is 12.3. The fourth-order valence-corrected chi connectivity index (χ4v) is 2.57. The van der Waals surface area contributed by atoms with E-state index in [1.807, 2.05) is 12.1 Å². The van der Waals surface area contributed by atoms with E-state index < -0.39 is 0 Å². The van der Waals surface area contributed by atoms with Crippen LogP contribution in [0.1, 0.15) is 0 Å². The number of rotatable bonds is 7. The van der Waals surface area contributed by atoms with E-state index in [0.29, 0.717) is 19.0 Å². The summed E-state index contributed by atoms with van der Waals surface area (Å²) >= 11 is 1.34. The van der Waals surface area contributed by atoms with Crippen molar-refractivity contribution < 1.29 is 9.47 Å². The summed E-state index contributed by atoms with van der Waals surface area (Å²) in [5.74, 6) is 0.518. The molecule has 1 unspecified atom stereocenters. The molecule has 1 atom stereocenters. The Morgan fingerprint density at radius 2 is 2.10 bits per heavy atom.